The highest BCUT2D eigenvalue weighted by atomic mass is 31.1. The van der Waals surface area contributed by atoms with Gasteiger partial charge in [-0.3, -0.25) is 5.09 Å². The van der Waals surface area contributed by atoms with E-state index in [2.05, 4.69) is 102 Å². The summed E-state index contributed by atoms with van der Waals surface area (Å²) in [6, 6.07) is 19.1. The summed E-state index contributed by atoms with van der Waals surface area (Å²) in [6.45, 7) is 17.2. The van der Waals surface area contributed by atoms with E-state index in [1.807, 2.05) is 0 Å². The Morgan fingerprint density at radius 2 is 1.13 bits per heavy atom. The van der Waals surface area contributed by atoms with Crippen LogP contribution in [-0.4, -0.2) is 6.54 Å². The highest BCUT2D eigenvalue weighted by molar-refractivity contribution is 7.56. The molecule has 0 amide bonds. The van der Waals surface area contributed by atoms with Gasteiger partial charge in [-0.15, -0.1) is 0 Å². The van der Waals surface area contributed by atoms with Gasteiger partial charge in [0, 0.05) is 11.3 Å². The zero-order valence-corrected chi connectivity index (χ0v) is 21.2. The molecule has 0 saturated carbocycles. The molecule has 1 nitrogen and oxygen atoms in total. The van der Waals surface area contributed by atoms with Gasteiger partial charge in [-0.1, -0.05) is 103 Å². The Bertz CT molecular complexity index is 727. The Morgan fingerprint density at radius 1 is 0.733 bits per heavy atom. The summed E-state index contributed by atoms with van der Waals surface area (Å²) in [5.74, 6) is 0. The SMILES string of the molecule is CCCCNP1C(c2ccc(C(C)(C)C)cc2)CCC1c1ccc(C(C)(C)C)cc1. The molecule has 2 aromatic rings. The molecule has 0 aromatic heterocycles. The molecular formula is C28H42NP. The molecule has 0 aliphatic carbocycles. The predicted molar refractivity (Wildman–Crippen MR) is 135 cm³/mol. The van der Waals surface area contributed by atoms with Gasteiger partial charge in [0.25, 0.3) is 0 Å². The molecule has 30 heavy (non-hydrogen) atoms. The summed E-state index contributed by atoms with van der Waals surface area (Å²) in [5, 5.41) is 4.03. The minimum atomic E-state index is -0.262. The van der Waals surface area contributed by atoms with Gasteiger partial charge in [0.05, 0.1) is 0 Å². The van der Waals surface area contributed by atoms with Crippen molar-refractivity contribution in [1.29, 1.82) is 0 Å². The molecule has 164 valence electrons. The molecule has 1 N–H and O–H groups in total. The molecule has 2 aromatic carbocycles. The van der Waals surface area contributed by atoms with Crippen LogP contribution >= 0.6 is 8.07 Å². The lowest BCUT2D eigenvalue weighted by Crippen LogP contribution is -2.14. The van der Waals surface area contributed by atoms with E-state index in [4.69, 9.17) is 0 Å². The Hall–Kier alpha value is -1.17. The molecule has 1 aliphatic heterocycles. The lowest BCUT2D eigenvalue weighted by Gasteiger charge is -2.28. The average Bonchev–Trinajstić information content (AvgIpc) is 3.11. The van der Waals surface area contributed by atoms with Crippen LogP contribution in [0.1, 0.15) is 108 Å². The maximum atomic E-state index is 4.03. The summed E-state index contributed by atoms with van der Waals surface area (Å²) in [5.41, 5.74) is 7.70. The van der Waals surface area contributed by atoms with Gasteiger partial charge < -0.3 is 0 Å². The van der Waals surface area contributed by atoms with E-state index in [1.54, 1.807) is 0 Å². The van der Waals surface area contributed by atoms with Gasteiger partial charge in [0.15, 0.2) is 0 Å². The molecule has 2 unspecified atom stereocenters. The topological polar surface area (TPSA) is 12.0 Å². The number of nitrogens with one attached hydrogen (secondary N) is 1. The zero-order chi connectivity index (χ0) is 21.9. The highest BCUT2D eigenvalue weighted by Crippen LogP contribution is 2.67. The molecular weight excluding hydrogens is 381 g/mol. The smallest absolute Gasteiger partial charge is 0.0178 e. The van der Waals surface area contributed by atoms with E-state index >= 15 is 0 Å². The normalized spacial score (nSPS) is 22.4. The third-order valence-electron chi connectivity index (χ3n) is 6.53. The van der Waals surface area contributed by atoms with Gasteiger partial charge in [-0.25, -0.2) is 0 Å². The molecule has 1 aliphatic rings. The minimum Gasteiger partial charge on any atom is -0.295 e. The van der Waals surface area contributed by atoms with Crippen LogP contribution in [0.4, 0.5) is 0 Å². The summed E-state index contributed by atoms with van der Waals surface area (Å²) in [4.78, 5) is 0. The third kappa shape index (κ3) is 5.54. The Labute approximate surface area is 186 Å². The van der Waals surface area contributed by atoms with E-state index in [1.165, 1.54) is 47.9 Å². The van der Waals surface area contributed by atoms with E-state index in [0.29, 0.717) is 11.3 Å². The number of unbranched alkanes of at least 4 members (excludes halogenated alkanes) is 1. The third-order valence-corrected chi connectivity index (χ3v) is 9.58. The molecule has 2 heteroatoms. The second-order valence-electron chi connectivity index (χ2n) is 11.0. The minimum absolute atomic E-state index is 0.218. The highest BCUT2D eigenvalue weighted by Gasteiger charge is 2.37. The van der Waals surface area contributed by atoms with Gasteiger partial charge in [0.2, 0.25) is 0 Å². The number of hydrogen-bond donors (Lipinski definition) is 1. The molecule has 0 radical (unpaired) electrons. The van der Waals surface area contributed by atoms with Crippen molar-refractivity contribution >= 4 is 8.07 Å². The fraction of sp³-hybridized carbons (Fsp3) is 0.571. The molecule has 3 rings (SSSR count). The molecule has 0 bridgehead atoms. The Balaban J connectivity index is 1.84. The first-order chi connectivity index (χ1) is 14.1. The van der Waals surface area contributed by atoms with Crippen LogP contribution in [0.15, 0.2) is 48.5 Å². The monoisotopic (exact) mass is 423 g/mol. The van der Waals surface area contributed by atoms with Crippen molar-refractivity contribution in [2.45, 2.75) is 96.3 Å². The van der Waals surface area contributed by atoms with Crippen LogP contribution in [0.25, 0.3) is 0 Å². The largest absolute Gasteiger partial charge is 0.295 e. The van der Waals surface area contributed by atoms with Crippen molar-refractivity contribution in [3.05, 3.63) is 70.8 Å². The first-order valence-corrected chi connectivity index (χ1v) is 13.3. The first kappa shape index (κ1) is 23.5. The van der Waals surface area contributed by atoms with Gasteiger partial charge in [-0.05, 0) is 67.0 Å². The van der Waals surface area contributed by atoms with Crippen LogP contribution in [0.2, 0.25) is 0 Å². The second kappa shape index (κ2) is 9.54. The van der Waals surface area contributed by atoms with E-state index in [0.717, 1.165) is 6.54 Å². The Kier molecular flexibility index (Phi) is 7.47. The second-order valence-corrected chi connectivity index (χ2v) is 13.4. The summed E-state index contributed by atoms with van der Waals surface area (Å²) < 4.78 is 0. The first-order valence-electron chi connectivity index (χ1n) is 11.8. The van der Waals surface area contributed by atoms with Crippen molar-refractivity contribution in [2.24, 2.45) is 0 Å². The molecule has 0 spiro atoms. The lowest BCUT2D eigenvalue weighted by molar-refractivity contribution is 0.589. The van der Waals surface area contributed by atoms with Crippen molar-refractivity contribution in [1.82, 2.24) is 5.09 Å². The van der Waals surface area contributed by atoms with Gasteiger partial charge in [-0.2, -0.15) is 0 Å². The van der Waals surface area contributed by atoms with E-state index in [-0.39, 0.29) is 18.9 Å². The fourth-order valence-corrected chi connectivity index (χ4v) is 7.61. The Morgan fingerprint density at radius 3 is 1.47 bits per heavy atom. The van der Waals surface area contributed by atoms with E-state index in [9.17, 15) is 0 Å². The van der Waals surface area contributed by atoms with Crippen molar-refractivity contribution in [3.8, 4) is 0 Å². The fourth-order valence-electron chi connectivity index (χ4n) is 4.48. The maximum absolute atomic E-state index is 4.03. The van der Waals surface area contributed by atoms with Crippen molar-refractivity contribution in [3.63, 3.8) is 0 Å². The predicted octanol–water partition coefficient (Wildman–Crippen LogP) is 8.64. The van der Waals surface area contributed by atoms with Crippen LogP contribution in [0.3, 0.4) is 0 Å². The molecule has 2 atom stereocenters. The lowest BCUT2D eigenvalue weighted by atomic mass is 9.86. The van der Waals surface area contributed by atoms with Crippen molar-refractivity contribution in [2.75, 3.05) is 6.54 Å². The summed E-state index contributed by atoms with van der Waals surface area (Å²) in [6.07, 6.45) is 5.12. The molecule has 1 saturated heterocycles. The van der Waals surface area contributed by atoms with E-state index < -0.39 is 0 Å². The molecule has 1 fully saturated rings. The summed E-state index contributed by atoms with van der Waals surface area (Å²) >= 11 is 0. The number of rotatable bonds is 6. The quantitative estimate of drug-likeness (QED) is 0.362. The van der Waals surface area contributed by atoms with Gasteiger partial charge in [0.1, 0.15) is 0 Å². The van der Waals surface area contributed by atoms with Crippen LogP contribution < -0.4 is 5.09 Å². The van der Waals surface area contributed by atoms with Crippen LogP contribution in [-0.2, 0) is 10.8 Å². The van der Waals surface area contributed by atoms with Gasteiger partial charge >= 0.3 is 0 Å². The van der Waals surface area contributed by atoms with Crippen LogP contribution in [0, 0.1) is 0 Å². The maximum Gasteiger partial charge on any atom is 0.0178 e. The standard InChI is InChI=1S/C28H42NP/c1-8-9-20-29-30-25(21-10-14-23(15-11-21)27(2,3)4)18-19-26(30)22-12-16-24(17-13-22)28(5,6)7/h10-17,25-26,29H,8-9,18-20H2,1-7H3. The van der Waals surface area contributed by atoms with Crippen LogP contribution in [0.5, 0.6) is 0 Å². The number of benzene rings is 2. The number of hydrogen-bond acceptors (Lipinski definition) is 1. The average molecular weight is 424 g/mol. The zero-order valence-electron chi connectivity index (χ0n) is 20.3. The summed E-state index contributed by atoms with van der Waals surface area (Å²) in [7, 11) is -0.262. The molecule has 1 heterocycles. The van der Waals surface area contributed by atoms with Crippen molar-refractivity contribution < 1.29 is 0 Å².